The molecule has 0 aromatic heterocycles. The second kappa shape index (κ2) is 40.8. The fourth-order valence-corrected chi connectivity index (χ4v) is 0. The zero-order valence-corrected chi connectivity index (χ0v) is 44.6. The van der Waals surface area contributed by atoms with Crippen molar-refractivity contribution in [1.82, 2.24) is 0 Å². The van der Waals surface area contributed by atoms with Gasteiger partial charge in [0.05, 0.1) is 0 Å². The monoisotopic (exact) mass is 1390 g/mol. The van der Waals surface area contributed by atoms with Crippen molar-refractivity contribution in [2.45, 2.75) is 0 Å². The van der Waals surface area contributed by atoms with E-state index >= 15 is 0 Å². The Labute approximate surface area is 417 Å². The third-order valence-electron chi connectivity index (χ3n) is 0. The van der Waals surface area contributed by atoms with Crippen molar-refractivity contribution in [3.8, 4) is 0 Å². The van der Waals surface area contributed by atoms with Crippen LogP contribution in [-0.2, 0) is 104 Å². The minimum atomic E-state index is -5.17. The molecular formula is H14Ba3O40S10. The van der Waals surface area contributed by atoms with Gasteiger partial charge in [0.1, 0.15) is 0 Å². The fraction of sp³-hybridized carbons (Fsp3) is 0. The molecule has 40 nitrogen and oxygen atoms in total. The third kappa shape index (κ3) is 13600. The van der Waals surface area contributed by atoms with Crippen LogP contribution in [-0.4, -0.2) is 322 Å². The Balaban J connectivity index is -0.0000000303. The molecule has 320 valence electrons. The van der Waals surface area contributed by atoms with Gasteiger partial charge in [-0.2, -0.15) is 58.9 Å². The molecule has 0 fully saturated rings. The summed E-state index contributed by atoms with van der Waals surface area (Å²) < 4.78 is 323. The first-order valence-electron chi connectivity index (χ1n) is 6.89. The summed E-state index contributed by atoms with van der Waals surface area (Å²) in [6.45, 7) is 0. The molecule has 0 aliphatic rings. The average molecular weight is 1390 g/mol. The number of hydrogen-bond donors (Lipinski definition) is 14. The molecule has 0 saturated carbocycles. The van der Waals surface area contributed by atoms with Crippen molar-refractivity contribution in [2.24, 2.45) is 0 Å². The van der Waals surface area contributed by atoms with Gasteiger partial charge >= 0.3 is 219 Å². The van der Waals surface area contributed by atoms with Crippen molar-refractivity contribution in [1.29, 1.82) is 0 Å². The van der Waals surface area contributed by atoms with Crippen molar-refractivity contribution in [2.75, 3.05) is 0 Å². The van der Waals surface area contributed by atoms with Crippen LogP contribution in [0.25, 0.3) is 0 Å². The van der Waals surface area contributed by atoms with Crippen LogP contribution in [0.15, 0.2) is 0 Å². The summed E-state index contributed by atoms with van der Waals surface area (Å²) in [4.78, 5) is 0. The molecule has 0 heterocycles. The first kappa shape index (κ1) is 91.9. The third-order valence-corrected chi connectivity index (χ3v) is 0. The average Bonchev–Trinajstić information content (AvgIpc) is 2.34. The topological polar surface area (TPSA) is 763 Å². The van der Waals surface area contributed by atoms with Crippen LogP contribution in [0.3, 0.4) is 0 Å². The first-order chi connectivity index (χ1) is 20.0. The second-order valence-electron chi connectivity index (χ2n) is 4.36. The molecule has 0 aromatic rings. The summed E-state index contributed by atoms with van der Waals surface area (Å²) in [7, 11) is -48.2. The Morgan fingerprint density at radius 3 is 0.189 bits per heavy atom. The van der Waals surface area contributed by atoms with Gasteiger partial charge in [-0.05, 0) is 0 Å². The predicted octanol–water partition coefficient (Wildman–Crippen LogP) is -9.73. The van der Waals surface area contributed by atoms with Gasteiger partial charge in [0.15, 0.2) is 0 Å². The Morgan fingerprint density at radius 1 is 0.189 bits per heavy atom. The summed E-state index contributed by atoms with van der Waals surface area (Å²) >= 11 is 0. The number of rotatable bonds is 0. The molecule has 0 radical (unpaired) electrons. The fourth-order valence-electron chi connectivity index (χ4n) is 0. The zero-order chi connectivity index (χ0) is 45.0. The summed E-state index contributed by atoms with van der Waals surface area (Å²) in [5.74, 6) is 0. The van der Waals surface area contributed by atoms with E-state index in [-0.39, 0.29) is 147 Å². The van der Waals surface area contributed by atoms with E-state index in [1.807, 2.05) is 0 Å². The minimum Gasteiger partial charge on any atom is -0.759 e. The van der Waals surface area contributed by atoms with Crippen LogP contribution in [0.1, 0.15) is 0 Å². The van der Waals surface area contributed by atoms with Crippen molar-refractivity contribution < 1.29 is 175 Å². The van der Waals surface area contributed by atoms with Gasteiger partial charge in [-0.1, -0.05) is 0 Å². The summed E-state index contributed by atoms with van der Waals surface area (Å²) in [6.07, 6.45) is 0. The van der Waals surface area contributed by atoms with E-state index in [0.29, 0.717) is 0 Å². The number of hydrogen-bond acceptors (Lipinski definition) is 26. The summed E-state index contributed by atoms with van der Waals surface area (Å²) in [5, 5.41) is 0. The molecule has 14 N–H and O–H groups in total. The van der Waals surface area contributed by atoms with Gasteiger partial charge in [0, 0.05) is 31.2 Å². The Hall–Kier alpha value is 3.41. The van der Waals surface area contributed by atoms with Gasteiger partial charge in [-0.25, -0.2) is 0 Å². The first-order valence-corrected chi connectivity index (χ1v) is 20.7. The molecule has 0 atom stereocenters. The van der Waals surface area contributed by atoms with Crippen LogP contribution in [0, 0.1) is 0 Å². The van der Waals surface area contributed by atoms with Crippen LogP contribution < -0.4 is 0 Å². The van der Waals surface area contributed by atoms with Gasteiger partial charge in [0.2, 0.25) is 0 Å². The molecule has 0 spiro atoms. The molecule has 53 heavy (non-hydrogen) atoms. The predicted molar refractivity (Wildman–Crippen MR) is 148 cm³/mol. The molecule has 0 aromatic carbocycles. The van der Waals surface area contributed by atoms with E-state index < -0.39 is 104 Å². The molecule has 0 bridgehead atoms. The zero-order valence-electron chi connectivity index (χ0n) is 23.1. The maximum atomic E-state index is 8.74. The van der Waals surface area contributed by atoms with Crippen LogP contribution in [0.2, 0.25) is 0 Å². The van der Waals surface area contributed by atoms with Gasteiger partial charge < -0.3 is 27.3 Å². The summed E-state index contributed by atoms with van der Waals surface area (Å²) in [5.41, 5.74) is 0. The van der Waals surface area contributed by atoms with Crippen molar-refractivity contribution in [3.63, 3.8) is 0 Å². The van der Waals surface area contributed by atoms with E-state index in [2.05, 4.69) is 0 Å². The van der Waals surface area contributed by atoms with Crippen LogP contribution in [0.5, 0.6) is 0 Å². The van der Waals surface area contributed by atoms with Gasteiger partial charge in [-0.3, -0.25) is 89.0 Å². The van der Waals surface area contributed by atoms with E-state index in [1.54, 1.807) is 0 Å². The van der Waals surface area contributed by atoms with E-state index in [0.717, 1.165) is 0 Å². The Kier molecular flexibility index (Phi) is 70.8. The molecule has 0 saturated heterocycles. The standard InChI is InChI=1S/3Ba.10H2O4S/c;;;10*1-5(2,3)4/h;;;10*(H2,1,2,3,4)/q3*+2;;;;;;;;;;/p-6. The molecule has 53 heteroatoms. The molecule has 0 aliphatic heterocycles. The van der Waals surface area contributed by atoms with E-state index in [1.165, 1.54) is 0 Å². The molecule has 0 amide bonds. The minimum absolute atomic E-state index is 0. The quantitative estimate of drug-likeness (QED) is 0.0608. The largest absolute Gasteiger partial charge is 2.00 e. The molecule has 0 rings (SSSR count). The van der Waals surface area contributed by atoms with E-state index in [4.69, 9.17) is 175 Å². The molecule has 0 aliphatic carbocycles. The van der Waals surface area contributed by atoms with Crippen molar-refractivity contribution >= 4 is 251 Å². The van der Waals surface area contributed by atoms with Crippen LogP contribution >= 0.6 is 0 Å². The smallest absolute Gasteiger partial charge is 0.759 e. The van der Waals surface area contributed by atoms with E-state index in [9.17, 15) is 0 Å². The van der Waals surface area contributed by atoms with Crippen LogP contribution in [0.4, 0.5) is 0 Å². The molecule has 0 unspecified atom stereocenters. The van der Waals surface area contributed by atoms with Crippen molar-refractivity contribution in [3.05, 3.63) is 0 Å². The van der Waals surface area contributed by atoms with Gasteiger partial charge in [0.25, 0.3) is 0 Å². The SMILES string of the molecule is O=S(=O)(O)O.O=S(=O)(O)O.O=S(=O)(O)O.O=S(=O)(O)O.O=S(=O)(O)O.O=S(=O)(O)O.O=S(=O)(O)O.O=S(=O)([O-])[O-].O=S(=O)([O-])[O-].O=S(=O)([O-])[O-].[Ba+2].[Ba+2].[Ba+2]. The van der Waals surface area contributed by atoms with Gasteiger partial charge in [-0.15, -0.1) is 0 Å². The Morgan fingerprint density at radius 2 is 0.189 bits per heavy atom. The normalized spacial score (nSPS) is 10.9. The second-order valence-corrected chi connectivity index (χ2v) is 13.1. The summed E-state index contributed by atoms with van der Waals surface area (Å²) in [6, 6.07) is 0. The Bertz CT molecular complexity index is 1380. The maximum absolute atomic E-state index is 8.74. The molecular weight excluding hydrogens is 1370 g/mol. The maximum Gasteiger partial charge on any atom is 2.00 e.